The van der Waals surface area contributed by atoms with Crippen molar-refractivity contribution in [2.24, 2.45) is 0 Å². The Hall–Kier alpha value is -2.04. The molecule has 1 aliphatic heterocycles. The van der Waals surface area contributed by atoms with E-state index in [2.05, 4.69) is 16.3 Å². The number of nitrogens with one attached hydrogen (secondary N) is 1. The molecule has 1 saturated heterocycles. The molecule has 2 aliphatic rings. The summed E-state index contributed by atoms with van der Waals surface area (Å²) in [7, 11) is 0. The number of halogens is 1. The molecule has 0 saturated carbocycles. The van der Waals surface area contributed by atoms with Gasteiger partial charge in [-0.3, -0.25) is 9.69 Å². The smallest absolute Gasteiger partial charge is 0.221 e. The van der Waals surface area contributed by atoms with Gasteiger partial charge in [0.15, 0.2) is 0 Å². The molecule has 0 bridgehead atoms. The van der Waals surface area contributed by atoms with Gasteiger partial charge in [-0.2, -0.15) is 0 Å². The van der Waals surface area contributed by atoms with Crippen molar-refractivity contribution in [1.82, 2.24) is 4.90 Å². The Balaban J connectivity index is 1.64. The minimum atomic E-state index is -0.0932. The predicted molar refractivity (Wildman–Crippen MR) is 104 cm³/mol. The van der Waals surface area contributed by atoms with E-state index in [0.717, 1.165) is 41.5 Å². The van der Waals surface area contributed by atoms with Gasteiger partial charge >= 0.3 is 0 Å². The van der Waals surface area contributed by atoms with Crippen molar-refractivity contribution in [1.29, 1.82) is 0 Å². The number of ether oxygens (including phenoxy) is 1. The van der Waals surface area contributed by atoms with E-state index >= 15 is 0 Å². The summed E-state index contributed by atoms with van der Waals surface area (Å²) in [5.41, 5.74) is 3.12. The molecule has 1 N–H and O–H groups in total. The highest BCUT2D eigenvalue weighted by atomic mass is 35.5. The van der Waals surface area contributed by atoms with Crippen LogP contribution in [0.4, 0.5) is 5.69 Å². The highest BCUT2D eigenvalue weighted by Gasteiger charge is 2.40. The van der Waals surface area contributed by atoms with Gasteiger partial charge in [0.2, 0.25) is 5.91 Å². The van der Waals surface area contributed by atoms with Gasteiger partial charge < -0.3 is 10.1 Å². The molecule has 2 atom stereocenters. The van der Waals surface area contributed by atoms with Crippen molar-refractivity contribution < 1.29 is 9.53 Å². The Morgan fingerprint density at radius 2 is 1.96 bits per heavy atom. The Labute approximate surface area is 159 Å². The van der Waals surface area contributed by atoms with Crippen molar-refractivity contribution in [2.75, 3.05) is 18.4 Å². The molecule has 0 unspecified atom stereocenters. The molecule has 4 nitrogen and oxygen atoms in total. The third kappa shape index (κ3) is 3.44. The van der Waals surface area contributed by atoms with E-state index in [1.807, 2.05) is 36.4 Å². The van der Waals surface area contributed by atoms with Crippen molar-refractivity contribution in [2.45, 2.75) is 38.3 Å². The number of carbonyl (C=O) groups is 1. The van der Waals surface area contributed by atoms with Crippen molar-refractivity contribution in [3.63, 3.8) is 0 Å². The molecule has 1 fully saturated rings. The molecule has 136 valence electrons. The molecule has 26 heavy (non-hydrogen) atoms. The van der Waals surface area contributed by atoms with E-state index in [-0.39, 0.29) is 12.0 Å². The van der Waals surface area contributed by atoms with Gasteiger partial charge in [0, 0.05) is 29.3 Å². The number of rotatable bonds is 4. The van der Waals surface area contributed by atoms with Crippen molar-refractivity contribution >= 4 is 23.2 Å². The highest BCUT2D eigenvalue weighted by molar-refractivity contribution is 6.31. The normalized spacial score (nSPS) is 22.2. The number of likely N-dealkylation sites (tertiary alicyclic amines) is 1. The first kappa shape index (κ1) is 17.4. The molecule has 1 heterocycles. The number of hydrogen-bond acceptors (Lipinski definition) is 3. The zero-order valence-corrected chi connectivity index (χ0v) is 15.6. The van der Waals surface area contributed by atoms with Gasteiger partial charge in [-0.25, -0.2) is 0 Å². The van der Waals surface area contributed by atoms with Crippen molar-refractivity contribution in [3.8, 4) is 5.75 Å². The Morgan fingerprint density at radius 1 is 1.19 bits per heavy atom. The lowest BCUT2D eigenvalue weighted by Crippen LogP contribution is -2.38. The molecular weight excluding hydrogens is 348 g/mol. The summed E-state index contributed by atoms with van der Waals surface area (Å²) in [6.45, 7) is 3.73. The third-order valence-electron chi connectivity index (χ3n) is 5.23. The van der Waals surface area contributed by atoms with Crippen LogP contribution in [0.2, 0.25) is 5.02 Å². The van der Waals surface area contributed by atoms with Crippen LogP contribution in [0.15, 0.2) is 42.5 Å². The zero-order chi connectivity index (χ0) is 18.1. The fourth-order valence-electron chi connectivity index (χ4n) is 4.13. The van der Waals surface area contributed by atoms with Crippen LogP contribution in [0.3, 0.4) is 0 Å². The second-order valence-corrected chi connectivity index (χ2v) is 7.48. The molecular formula is C21H23ClN2O2. The number of nitrogens with zero attached hydrogens (tertiary/aromatic N) is 1. The molecule has 1 aliphatic carbocycles. The number of carbonyl (C=O) groups excluding carboxylic acids is 1. The fourth-order valence-corrected chi connectivity index (χ4v) is 4.43. The monoisotopic (exact) mass is 370 g/mol. The minimum absolute atomic E-state index is 0.0913. The standard InChI is InChI=1S/C21H23ClN2O2/c1-14(25)23-16-7-5-8-17(13-16)26-21-19(24-10-2-3-11-24)12-15-6-4-9-18(22)20(15)21/h4-9,13,19,21H,2-3,10-12H2,1H3,(H,23,25)/t19-,21+/m0/s1. The number of fused-ring (bicyclic) bond motifs is 1. The molecule has 0 aromatic heterocycles. The molecule has 5 heteroatoms. The maximum Gasteiger partial charge on any atom is 0.221 e. The van der Waals surface area contributed by atoms with E-state index in [1.54, 1.807) is 0 Å². The molecule has 2 aromatic carbocycles. The van der Waals surface area contributed by atoms with Crippen LogP contribution in [0.5, 0.6) is 5.75 Å². The average molecular weight is 371 g/mol. The van der Waals surface area contributed by atoms with Crippen LogP contribution in [0.1, 0.15) is 37.0 Å². The Kier molecular flexibility index (Phi) is 4.88. The second-order valence-electron chi connectivity index (χ2n) is 7.07. The fraction of sp³-hybridized carbons (Fsp3) is 0.381. The van der Waals surface area contributed by atoms with E-state index < -0.39 is 0 Å². The lowest BCUT2D eigenvalue weighted by atomic mass is 10.1. The molecule has 4 rings (SSSR count). The number of anilines is 1. The summed E-state index contributed by atoms with van der Waals surface area (Å²) >= 11 is 6.55. The molecule has 2 aromatic rings. The molecule has 0 radical (unpaired) electrons. The SMILES string of the molecule is CC(=O)Nc1cccc(O[C@H]2c3c(Cl)cccc3C[C@@H]2N2CCCC2)c1. The summed E-state index contributed by atoms with van der Waals surface area (Å²) in [6, 6.07) is 14.0. The minimum Gasteiger partial charge on any atom is -0.484 e. The molecule has 0 spiro atoms. The summed E-state index contributed by atoms with van der Waals surface area (Å²) in [5, 5.41) is 3.58. The number of benzene rings is 2. The first-order valence-corrected chi connectivity index (χ1v) is 9.55. The van der Waals surface area contributed by atoms with Gasteiger partial charge in [-0.1, -0.05) is 29.8 Å². The Morgan fingerprint density at radius 3 is 2.73 bits per heavy atom. The van der Waals surface area contributed by atoms with Gasteiger partial charge in [-0.15, -0.1) is 0 Å². The van der Waals surface area contributed by atoms with Crippen LogP contribution in [0.25, 0.3) is 0 Å². The summed E-state index contributed by atoms with van der Waals surface area (Å²) in [5.74, 6) is 0.657. The van der Waals surface area contributed by atoms with Crippen LogP contribution in [0, 0.1) is 0 Å². The van der Waals surface area contributed by atoms with Gasteiger partial charge in [0.05, 0.1) is 6.04 Å². The van der Waals surface area contributed by atoms with Crippen molar-refractivity contribution in [3.05, 3.63) is 58.6 Å². The highest BCUT2D eigenvalue weighted by Crippen LogP contribution is 2.42. The zero-order valence-electron chi connectivity index (χ0n) is 14.9. The van der Waals surface area contributed by atoms with E-state index in [0.29, 0.717) is 6.04 Å². The first-order chi connectivity index (χ1) is 12.6. The number of hydrogen-bond donors (Lipinski definition) is 1. The van der Waals surface area contributed by atoms with Crippen LogP contribution in [-0.4, -0.2) is 29.9 Å². The summed E-state index contributed by atoms with van der Waals surface area (Å²) in [4.78, 5) is 13.9. The topological polar surface area (TPSA) is 41.6 Å². The van der Waals surface area contributed by atoms with E-state index in [9.17, 15) is 4.79 Å². The van der Waals surface area contributed by atoms with E-state index in [4.69, 9.17) is 16.3 Å². The second kappa shape index (κ2) is 7.29. The number of amides is 1. The predicted octanol–water partition coefficient (Wildman–Crippen LogP) is 4.44. The molecule has 1 amide bonds. The first-order valence-electron chi connectivity index (χ1n) is 9.17. The van der Waals surface area contributed by atoms with Crippen LogP contribution >= 0.6 is 11.6 Å². The van der Waals surface area contributed by atoms with Gasteiger partial charge in [0.25, 0.3) is 0 Å². The summed E-state index contributed by atoms with van der Waals surface area (Å²) in [6.07, 6.45) is 3.35. The lowest BCUT2D eigenvalue weighted by Gasteiger charge is -2.30. The maximum absolute atomic E-state index is 11.3. The quantitative estimate of drug-likeness (QED) is 0.865. The largest absolute Gasteiger partial charge is 0.484 e. The van der Waals surface area contributed by atoms with E-state index in [1.165, 1.54) is 25.3 Å². The summed E-state index contributed by atoms with van der Waals surface area (Å²) < 4.78 is 6.45. The van der Waals surface area contributed by atoms with Gasteiger partial charge in [-0.05, 0) is 56.1 Å². The lowest BCUT2D eigenvalue weighted by molar-refractivity contribution is -0.114. The maximum atomic E-state index is 11.3. The van der Waals surface area contributed by atoms with Gasteiger partial charge in [0.1, 0.15) is 11.9 Å². The van der Waals surface area contributed by atoms with Crippen LogP contribution in [-0.2, 0) is 11.2 Å². The third-order valence-corrected chi connectivity index (χ3v) is 5.56. The average Bonchev–Trinajstić information content (AvgIpc) is 3.23. The Bertz CT molecular complexity index is 817. The van der Waals surface area contributed by atoms with Crippen LogP contribution < -0.4 is 10.1 Å².